The largest absolute Gasteiger partial charge is 0.462 e. The molecule has 0 amide bonds. The third kappa shape index (κ3) is 2.93. The molecule has 1 aromatic carbocycles. The minimum absolute atomic E-state index is 0.383. The zero-order valence-corrected chi connectivity index (χ0v) is 10.6. The van der Waals surface area contributed by atoms with Crippen molar-refractivity contribution < 1.29 is 29.9 Å². The topological polar surface area (TPSA) is 99.4 Å². The summed E-state index contributed by atoms with van der Waals surface area (Å²) in [6.07, 6.45) is -1.25. The highest BCUT2D eigenvalue weighted by Crippen LogP contribution is 2.24. The van der Waals surface area contributed by atoms with Crippen molar-refractivity contribution in [3.8, 4) is 18.1 Å². The highest BCUT2D eigenvalue weighted by molar-refractivity contribution is 5.36. The van der Waals surface area contributed by atoms with Crippen LogP contribution in [0.1, 0.15) is 5.56 Å². The minimum atomic E-state index is -1.46. The van der Waals surface area contributed by atoms with E-state index in [2.05, 4.69) is 5.92 Å². The number of benzene rings is 1. The molecule has 1 aliphatic heterocycles. The lowest BCUT2D eigenvalue weighted by Crippen LogP contribution is -2.60. The van der Waals surface area contributed by atoms with Crippen LogP contribution in [0.25, 0.3) is 0 Å². The molecule has 0 spiro atoms. The molecule has 0 saturated carbocycles. The lowest BCUT2D eigenvalue weighted by molar-refractivity contribution is -0.277. The first-order valence-corrected chi connectivity index (χ1v) is 6.10. The normalized spacial score (nSPS) is 33.5. The second kappa shape index (κ2) is 6.22. The SMILES string of the molecule is C#Cc1ccc(O[C@@H]2O[C@H](CO)[C@H](O)[C@H](O)[C@H]2O)cc1. The number of rotatable bonds is 3. The van der Waals surface area contributed by atoms with Crippen LogP contribution < -0.4 is 4.74 Å². The fraction of sp³-hybridized carbons (Fsp3) is 0.429. The van der Waals surface area contributed by atoms with Gasteiger partial charge in [-0.05, 0) is 24.3 Å². The summed E-state index contributed by atoms with van der Waals surface area (Å²) in [4.78, 5) is 0. The van der Waals surface area contributed by atoms with Crippen molar-refractivity contribution in [2.75, 3.05) is 6.61 Å². The number of aliphatic hydroxyl groups excluding tert-OH is 4. The zero-order valence-electron chi connectivity index (χ0n) is 10.6. The van der Waals surface area contributed by atoms with Gasteiger partial charge < -0.3 is 29.9 Å². The van der Waals surface area contributed by atoms with Crippen LogP contribution in [0, 0.1) is 12.3 Å². The van der Waals surface area contributed by atoms with Crippen molar-refractivity contribution in [1.82, 2.24) is 0 Å². The van der Waals surface area contributed by atoms with Crippen molar-refractivity contribution in [2.24, 2.45) is 0 Å². The van der Waals surface area contributed by atoms with Crippen LogP contribution in [-0.4, -0.2) is 57.7 Å². The van der Waals surface area contributed by atoms with Gasteiger partial charge in [0.15, 0.2) is 0 Å². The molecular formula is C14H16O6. The summed E-state index contributed by atoms with van der Waals surface area (Å²) in [7, 11) is 0. The second-order valence-corrected chi connectivity index (χ2v) is 4.48. The van der Waals surface area contributed by atoms with E-state index in [9.17, 15) is 15.3 Å². The van der Waals surface area contributed by atoms with E-state index in [1.807, 2.05) is 0 Å². The molecule has 0 aromatic heterocycles. The van der Waals surface area contributed by atoms with Crippen LogP contribution in [0.5, 0.6) is 5.75 Å². The highest BCUT2D eigenvalue weighted by Gasteiger charge is 2.44. The van der Waals surface area contributed by atoms with Gasteiger partial charge in [0.1, 0.15) is 30.2 Å². The lowest BCUT2D eigenvalue weighted by Gasteiger charge is -2.39. The molecular weight excluding hydrogens is 264 g/mol. The monoisotopic (exact) mass is 280 g/mol. The van der Waals surface area contributed by atoms with Crippen LogP contribution in [0.4, 0.5) is 0 Å². The van der Waals surface area contributed by atoms with Gasteiger partial charge in [0.05, 0.1) is 6.61 Å². The number of ether oxygens (including phenoxy) is 2. The molecule has 6 nitrogen and oxygen atoms in total. The summed E-state index contributed by atoms with van der Waals surface area (Å²) in [5, 5.41) is 38.1. The Bertz CT molecular complexity index is 477. The summed E-state index contributed by atoms with van der Waals surface area (Å²) < 4.78 is 10.6. The zero-order chi connectivity index (χ0) is 14.7. The van der Waals surface area contributed by atoms with Gasteiger partial charge in [-0.15, -0.1) is 6.42 Å². The molecule has 20 heavy (non-hydrogen) atoms. The van der Waals surface area contributed by atoms with Crippen LogP contribution in [0.15, 0.2) is 24.3 Å². The average molecular weight is 280 g/mol. The molecule has 4 N–H and O–H groups in total. The van der Waals surface area contributed by atoms with E-state index in [1.54, 1.807) is 24.3 Å². The van der Waals surface area contributed by atoms with Crippen LogP contribution >= 0.6 is 0 Å². The molecule has 1 heterocycles. The molecule has 0 aliphatic carbocycles. The Hall–Kier alpha value is -1.62. The van der Waals surface area contributed by atoms with Gasteiger partial charge >= 0.3 is 0 Å². The summed E-state index contributed by atoms with van der Waals surface area (Å²) in [6.45, 7) is -0.499. The Morgan fingerprint density at radius 3 is 2.30 bits per heavy atom. The highest BCUT2D eigenvalue weighted by atomic mass is 16.7. The molecule has 1 saturated heterocycles. The number of hydrogen-bond donors (Lipinski definition) is 4. The summed E-state index contributed by atoms with van der Waals surface area (Å²) in [5.41, 5.74) is 0.672. The van der Waals surface area contributed by atoms with Gasteiger partial charge in [-0.1, -0.05) is 5.92 Å². The molecule has 2 rings (SSSR count). The smallest absolute Gasteiger partial charge is 0.229 e. The molecule has 6 heteroatoms. The van der Waals surface area contributed by atoms with Crippen molar-refractivity contribution in [3.63, 3.8) is 0 Å². The molecule has 0 bridgehead atoms. The molecule has 1 aliphatic rings. The fourth-order valence-electron chi connectivity index (χ4n) is 1.93. The molecule has 0 radical (unpaired) electrons. The Balaban J connectivity index is 2.09. The van der Waals surface area contributed by atoms with Gasteiger partial charge in [0, 0.05) is 5.56 Å². The second-order valence-electron chi connectivity index (χ2n) is 4.48. The molecule has 0 unspecified atom stereocenters. The summed E-state index contributed by atoms with van der Waals surface area (Å²) in [6, 6.07) is 6.49. The fourth-order valence-corrected chi connectivity index (χ4v) is 1.93. The van der Waals surface area contributed by atoms with Crippen LogP contribution in [-0.2, 0) is 4.74 Å². The minimum Gasteiger partial charge on any atom is -0.462 e. The Labute approximate surface area is 116 Å². The van der Waals surface area contributed by atoms with E-state index < -0.39 is 37.3 Å². The number of hydrogen-bond acceptors (Lipinski definition) is 6. The first kappa shape index (κ1) is 14.8. The summed E-state index contributed by atoms with van der Waals surface area (Å²) >= 11 is 0. The predicted molar refractivity (Wildman–Crippen MR) is 68.8 cm³/mol. The van der Waals surface area contributed by atoms with Crippen molar-refractivity contribution >= 4 is 0 Å². The maximum absolute atomic E-state index is 9.81. The van der Waals surface area contributed by atoms with Gasteiger partial charge in [-0.3, -0.25) is 0 Å². The maximum Gasteiger partial charge on any atom is 0.229 e. The van der Waals surface area contributed by atoms with Gasteiger partial charge in [0.2, 0.25) is 6.29 Å². The van der Waals surface area contributed by atoms with Crippen molar-refractivity contribution in [3.05, 3.63) is 29.8 Å². The maximum atomic E-state index is 9.81. The van der Waals surface area contributed by atoms with E-state index >= 15 is 0 Å². The quantitative estimate of drug-likeness (QED) is 0.522. The van der Waals surface area contributed by atoms with Crippen LogP contribution in [0.3, 0.4) is 0 Å². The molecule has 1 fully saturated rings. The third-order valence-corrected chi connectivity index (χ3v) is 3.12. The summed E-state index contributed by atoms with van der Waals surface area (Å²) in [5.74, 6) is 2.84. The predicted octanol–water partition coefficient (Wildman–Crippen LogP) is -1.15. The van der Waals surface area contributed by atoms with E-state index in [0.29, 0.717) is 11.3 Å². The Morgan fingerprint density at radius 1 is 1.10 bits per heavy atom. The standard InChI is InChI=1S/C14H16O6/c1-2-8-3-5-9(6-4-8)19-14-13(18)12(17)11(16)10(7-15)20-14/h1,3-6,10-18H,7H2/t10-,11+,12+,13-,14-/m1/s1. The van der Waals surface area contributed by atoms with Crippen LogP contribution in [0.2, 0.25) is 0 Å². The van der Waals surface area contributed by atoms with Gasteiger partial charge in [-0.2, -0.15) is 0 Å². The van der Waals surface area contributed by atoms with E-state index in [4.69, 9.17) is 21.0 Å². The first-order valence-electron chi connectivity index (χ1n) is 6.10. The van der Waals surface area contributed by atoms with Gasteiger partial charge in [-0.25, -0.2) is 0 Å². The number of terminal acetylenes is 1. The Kier molecular flexibility index (Phi) is 4.60. The lowest BCUT2D eigenvalue weighted by atomic mass is 9.99. The Morgan fingerprint density at radius 2 is 1.75 bits per heavy atom. The molecule has 108 valence electrons. The molecule has 5 atom stereocenters. The van der Waals surface area contributed by atoms with E-state index in [-0.39, 0.29) is 0 Å². The third-order valence-electron chi connectivity index (χ3n) is 3.12. The van der Waals surface area contributed by atoms with E-state index in [1.165, 1.54) is 0 Å². The van der Waals surface area contributed by atoms with Crippen molar-refractivity contribution in [1.29, 1.82) is 0 Å². The number of aliphatic hydroxyl groups is 4. The van der Waals surface area contributed by atoms with E-state index in [0.717, 1.165) is 0 Å². The molecule has 1 aromatic rings. The first-order chi connectivity index (χ1) is 9.56. The van der Waals surface area contributed by atoms with Crippen molar-refractivity contribution in [2.45, 2.75) is 30.7 Å². The van der Waals surface area contributed by atoms with Gasteiger partial charge in [0.25, 0.3) is 0 Å². The average Bonchev–Trinajstić information content (AvgIpc) is 2.48.